The van der Waals surface area contributed by atoms with Crippen LogP contribution in [0.5, 0.6) is 0 Å². The standard InChI is InChI=1S/C12H16N4O3S/c13-12-11(7-14-15-12)20(18,19)16-10(8-17)6-9-4-2-1-3-5-9/h1-5,7,10,16-17H,6,8H2,(H3,13,14,15)/t10-/m0/s1. The van der Waals surface area contributed by atoms with Crippen molar-refractivity contribution in [2.45, 2.75) is 17.4 Å². The number of aromatic nitrogens is 2. The molecule has 1 atom stereocenters. The van der Waals surface area contributed by atoms with Crippen molar-refractivity contribution in [3.63, 3.8) is 0 Å². The number of H-pyrrole nitrogens is 1. The molecule has 20 heavy (non-hydrogen) atoms. The van der Waals surface area contributed by atoms with Gasteiger partial charge in [0.2, 0.25) is 10.0 Å². The van der Waals surface area contributed by atoms with Gasteiger partial charge in [0.1, 0.15) is 10.7 Å². The molecule has 7 nitrogen and oxygen atoms in total. The van der Waals surface area contributed by atoms with Crippen LogP contribution < -0.4 is 10.5 Å². The van der Waals surface area contributed by atoms with Crippen LogP contribution in [0.4, 0.5) is 5.82 Å². The van der Waals surface area contributed by atoms with Crippen molar-refractivity contribution in [1.29, 1.82) is 0 Å². The van der Waals surface area contributed by atoms with Gasteiger partial charge in [-0.2, -0.15) is 5.10 Å². The predicted molar refractivity (Wildman–Crippen MR) is 74.3 cm³/mol. The lowest BCUT2D eigenvalue weighted by Crippen LogP contribution is -2.39. The largest absolute Gasteiger partial charge is 0.395 e. The number of nitrogens with one attached hydrogen (secondary N) is 2. The molecule has 0 aliphatic carbocycles. The minimum atomic E-state index is -3.81. The highest BCUT2D eigenvalue weighted by molar-refractivity contribution is 7.89. The molecule has 0 amide bonds. The summed E-state index contributed by atoms with van der Waals surface area (Å²) in [6, 6.07) is 8.68. The molecule has 0 aliphatic rings. The molecule has 8 heteroatoms. The molecular formula is C12H16N4O3S. The van der Waals surface area contributed by atoms with Crippen molar-refractivity contribution >= 4 is 15.8 Å². The fourth-order valence-corrected chi connectivity index (χ4v) is 3.07. The number of hydrogen-bond donors (Lipinski definition) is 4. The van der Waals surface area contributed by atoms with E-state index in [0.717, 1.165) is 11.8 Å². The van der Waals surface area contributed by atoms with Crippen LogP contribution in [0.15, 0.2) is 41.4 Å². The summed E-state index contributed by atoms with van der Waals surface area (Å²) in [6.45, 7) is -0.314. The summed E-state index contributed by atoms with van der Waals surface area (Å²) in [6.07, 6.45) is 1.52. The fourth-order valence-electron chi connectivity index (χ4n) is 1.82. The van der Waals surface area contributed by atoms with Crippen LogP contribution in [0.2, 0.25) is 0 Å². The van der Waals surface area contributed by atoms with Gasteiger partial charge in [-0.3, -0.25) is 5.10 Å². The third-order valence-electron chi connectivity index (χ3n) is 2.79. The zero-order valence-corrected chi connectivity index (χ0v) is 11.5. The highest BCUT2D eigenvalue weighted by Gasteiger charge is 2.23. The van der Waals surface area contributed by atoms with Gasteiger partial charge in [0.15, 0.2) is 0 Å². The Hall–Kier alpha value is -1.90. The first kappa shape index (κ1) is 14.5. The second-order valence-electron chi connectivity index (χ2n) is 4.34. The van der Waals surface area contributed by atoms with Crippen LogP contribution >= 0.6 is 0 Å². The molecule has 0 saturated heterocycles. The predicted octanol–water partition coefficient (Wildman–Crippen LogP) is -0.126. The van der Waals surface area contributed by atoms with E-state index in [0.29, 0.717) is 6.42 Å². The summed E-state index contributed by atoms with van der Waals surface area (Å²) in [5.74, 6) is -0.0334. The molecule has 0 radical (unpaired) electrons. The fraction of sp³-hybridized carbons (Fsp3) is 0.250. The van der Waals surface area contributed by atoms with Crippen molar-refractivity contribution in [1.82, 2.24) is 14.9 Å². The number of benzene rings is 1. The number of nitrogens with two attached hydrogens (primary N) is 1. The molecule has 0 aliphatic heterocycles. The van der Waals surface area contributed by atoms with E-state index in [2.05, 4.69) is 14.9 Å². The molecule has 1 aromatic heterocycles. The van der Waals surface area contributed by atoms with Gasteiger partial charge in [-0.25, -0.2) is 13.1 Å². The summed E-state index contributed by atoms with van der Waals surface area (Å²) in [5.41, 5.74) is 6.42. The molecular weight excluding hydrogens is 280 g/mol. The minimum Gasteiger partial charge on any atom is -0.395 e. The lowest BCUT2D eigenvalue weighted by molar-refractivity contribution is 0.256. The van der Waals surface area contributed by atoms with Gasteiger partial charge in [-0.1, -0.05) is 30.3 Å². The first-order chi connectivity index (χ1) is 9.53. The molecule has 0 saturated carbocycles. The molecule has 2 rings (SSSR count). The van der Waals surface area contributed by atoms with E-state index in [1.165, 1.54) is 0 Å². The third kappa shape index (κ3) is 3.35. The number of nitrogens with zero attached hydrogens (tertiary/aromatic N) is 1. The van der Waals surface area contributed by atoms with Crippen LogP contribution in [-0.4, -0.2) is 36.4 Å². The van der Waals surface area contributed by atoms with Gasteiger partial charge in [0.05, 0.1) is 12.8 Å². The van der Waals surface area contributed by atoms with Crippen LogP contribution in [0.1, 0.15) is 5.56 Å². The molecule has 0 bridgehead atoms. The summed E-state index contributed by atoms with van der Waals surface area (Å²) in [4.78, 5) is -0.121. The maximum Gasteiger partial charge on any atom is 0.246 e. The Balaban J connectivity index is 2.12. The van der Waals surface area contributed by atoms with Crippen molar-refractivity contribution in [3.05, 3.63) is 42.1 Å². The number of aromatic amines is 1. The topological polar surface area (TPSA) is 121 Å². The van der Waals surface area contributed by atoms with E-state index in [4.69, 9.17) is 5.73 Å². The maximum atomic E-state index is 12.1. The number of nitrogen functional groups attached to an aromatic ring is 1. The average Bonchev–Trinajstić information content (AvgIpc) is 2.86. The molecule has 108 valence electrons. The number of hydrogen-bond acceptors (Lipinski definition) is 5. The van der Waals surface area contributed by atoms with E-state index in [1.807, 2.05) is 30.3 Å². The van der Waals surface area contributed by atoms with Crippen molar-refractivity contribution in [2.24, 2.45) is 0 Å². The van der Waals surface area contributed by atoms with E-state index in [-0.39, 0.29) is 17.3 Å². The molecule has 1 aromatic carbocycles. The second-order valence-corrected chi connectivity index (χ2v) is 6.02. The normalized spacial score (nSPS) is 13.2. The third-order valence-corrected chi connectivity index (χ3v) is 4.34. The first-order valence-corrected chi connectivity index (χ1v) is 7.47. The van der Waals surface area contributed by atoms with Gasteiger partial charge in [-0.05, 0) is 12.0 Å². The van der Waals surface area contributed by atoms with Gasteiger partial charge >= 0.3 is 0 Å². The monoisotopic (exact) mass is 296 g/mol. The van der Waals surface area contributed by atoms with Crippen molar-refractivity contribution < 1.29 is 13.5 Å². The molecule has 0 unspecified atom stereocenters. The Morgan fingerprint density at radius 2 is 2.05 bits per heavy atom. The summed E-state index contributed by atoms with van der Waals surface area (Å²) in [5, 5.41) is 15.3. The summed E-state index contributed by atoms with van der Waals surface area (Å²) < 4.78 is 26.6. The number of aliphatic hydroxyl groups is 1. The molecule has 5 N–H and O–H groups in total. The SMILES string of the molecule is Nc1[nH]ncc1S(=O)(=O)N[C@H](CO)Cc1ccccc1. The molecule has 2 aromatic rings. The van der Waals surface area contributed by atoms with Crippen LogP contribution in [0.3, 0.4) is 0 Å². The lowest BCUT2D eigenvalue weighted by atomic mass is 10.1. The summed E-state index contributed by atoms with van der Waals surface area (Å²) >= 11 is 0. The Morgan fingerprint density at radius 3 is 2.60 bits per heavy atom. The van der Waals surface area contributed by atoms with Gasteiger partial charge in [0, 0.05) is 6.04 Å². The number of rotatable bonds is 6. The maximum absolute atomic E-state index is 12.1. The van der Waals surface area contributed by atoms with Crippen LogP contribution in [0.25, 0.3) is 0 Å². The Kier molecular flexibility index (Phi) is 4.38. The molecule has 0 spiro atoms. The second kappa shape index (κ2) is 6.04. The van der Waals surface area contributed by atoms with Crippen LogP contribution in [-0.2, 0) is 16.4 Å². The first-order valence-electron chi connectivity index (χ1n) is 5.99. The van der Waals surface area contributed by atoms with E-state index in [1.54, 1.807) is 0 Å². The molecule has 1 heterocycles. The quantitative estimate of drug-likeness (QED) is 0.592. The Labute approximate surface area is 116 Å². The van der Waals surface area contributed by atoms with Gasteiger partial charge < -0.3 is 10.8 Å². The molecule has 0 fully saturated rings. The zero-order valence-electron chi connectivity index (χ0n) is 10.7. The van der Waals surface area contributed by atoms with Crippen molar-refractivity contribution in [2.75, 3.05) is 12.3 Å². The summed E-state index contributed by atoms with van der Waals surface area (Å²) in [7, 11) is -3.81. The Morgan fingerprint density at radius 1 is 1.35 bits per heavy atom. The van der Waals surface area contributed by atoms with Crippen LogP contribution in [0, 0.1) is 0 Å². The van der Waals surface area contributed by atoms with Gasteiger partial charge in [0.25, 0.3) is 0 Å². The smallest absolute Gasteiger partial charge is 0.246 e. The van der Waals surface area contributed by atoms with E-state index in [9.17, 15) is 13.5 Å². The van der Waals surface area contributed by atoms with E-state index >= 15 is 0 Å². The van der Waals surface area contributed by atoms with E-state index < -0.39 is 16.1 Å². The number of anilines is 1. The van der Waals surface area contributed by atoms with Crippen molar-refractivity contribution in [3.8, 4) is 0 Å². The number of aliphatic hydroxyl groups excluding tert-OH is 1. The Bertz CT molecular complexity index is 654. The minimum absolute atomic E-state index is 0.0334. The lowest BCUT2D eigenvalue weighted by Gasteiger charge is -2.16. The average molecular weight is 296 g/mol. The number of sulfonamides is 1. The zero-order chi connectivity index (χ0) is 14.6. The highest BCUT2D eigenvalue weighted by Crippen LogP contribution is 2.15. The van der Waals surface area contributed by atoms with Gasteiger partial charge in [-0.15, -0.1) is 0 Å². The highest BCUT2D eigenvalue weighted by atomic mass is 32.2.